The molecule has 1 amide bonds. The predicted octanol–water partition coefficient (Wildman–Crippen LogP) is 5.69. The molecule has 0 heterocycles. The minimum Gasteiger partial charge on any atom is -0.507 e. The summed E-state index contributed by atoms with van der Waals surface area (Å²) in [7, 11) is 0. The van der Waals surface area contributed by atoms with E-state index in [4.69, 9.17) is 0 Å². The molecule has 32 heavy (non-hydrogen) atoms. The summed E-state index contributed by atoms with van der Waals surface area (Å²) in [6.07, 6.45) is 1.62. The van der Waals surface area contributed by atoms with Gasteiger partial charge in [-0.3, -0.25) is 4.79 Å². The predicted molar refractivity (Wildman–Crippen MR) is 135 cm³/mol. The summed E-state index contributed by atoms with van der Waals surface area (Å²) in [6, 6.07) is 7.72. The number of aromatic hydroxyl groups is 2. The van der Waals surface area contributed by atoms with Crippen molar-refractivity contribution in [3.8, 4) is 11.5 Å². The van der Waals surface area contributed by atoms with Gasteiger partial charge in [0, 0.05) is 16.9 Å². The van der Waals surface area contributed by atoms with Gasteiger partial charge in [0.2, 0.25) is 5.91 Å². The molecule has 0 saturated heterocycles. The van der Waals surface area contributed by atoms with Crippen molar-refractivity contribution in [1.29, 1.82) is 0 Å². The van der Waals surface area contributed by atoms with Gasteiger partial charge in [-0.15, -0.1) is 11.8 Å². The molecule has 0 spiro atoms. The molecule has 2 rings (SSSR count). The van der Waals surface area contributed by atoms with E-state index >= 15 is 0 Å². The maximum absolute atomic E-state index is 12.2. The Hall–Kier alpha value is -2.47. The number of thioether (sulfide) groups is 1. The Morgan fingerprint density at radius 1 is 0.938 bits per heavy atom. The highest BCUT2D eigenvalue weighted by Gasteiger charge is 2.26. The number of benzene rings is 2. The summed E-state index contributed by atoms with van der Waals surface area (Å²) >= 11 is 1.50. The lowest BCUT2D eigenvalue weighted by Crippen LogP contribution is -2.20. The van der Waals surface area contributed by atoms with E-state index in [9.17, 15) is 15.0 Å². The number of hydrazone groups is 1. The molecule has 2 aromatic carbocycles. The fourth-order valence-corrected chi connectivity index (χ4v) is 4.23. The number of nitrogens with one attached hydrogen (secondary N) is 1. The van der Waals surface area contributed by atoms with Crippen molar-refractivity contribution in [3.63, 3.8) is 0 Å². The van der Waals surface area contributed by atoms with E-state index in [-0.39, 0.29) is 22.5 Å². The van der Waals surface area contributed by atoms with Gasteiger partial charge in [-0.2, -0.15) is 5.10 Å². The van der Waals surface area contributed by atoms with Crippen LogP contribution in [0.4, 0.5) is 0 Å². The summed E-state index contributed by atoms with van der Waals surface area (Å²) in [5.74, 6) is 1.43. The van der Waals surface area contributed by atoms with E-state index in [0.717, 1.165) is 33.4 Å². The Balaban J connectivity index is 2.03. The number of nitrogens with zero attached hydrogens (tertiary/aromatic N) is 1. The maximum Gasteiger partial charge on any atom is 0.250 e. The summed E-state index contributed by atoms with van der Waals surface area (Å²) in [5, 5.41) is 24.8. The van der Waals surface area contributed by atoms with Crippen LogP contribution in [0.3, 0.4) is 0 Å². The summed E-state index contributed by atoms with van der Waals surface area (Å²) in [6.45, 7) is 16.1. The van der Waals surface area contributed by atoms with E-state index in [1.54, 1.807) is 6.21 Å². The van der Waals surface area contributed by atoms with Gasteiger partial charge in [0.15, 0.2) is 0 Å². The minimum absolute atomic E-state index is 0.177. The van der Waals surface area contributed by atoms with E-state index in [2.05, 4.69) is 52.1 Å². The Morgan fingerprint density at radius 3 is 1.91 bits per heavy atom. The van der Waals surface area contributed by atoms with Gasteiger partial charge in [0.05, 0.1) is 12.0 Å². The molecule has 174 valence electrons. The molecule has 0 radical (unpaired) electrons. The molecule has 2 aromatic rings. The lowest BCUT2D eigenvalue weighted by atomic mass is 9.78. The van der Waals surface area contributed by atoms with Crippen LogP contribution in [0.2, 0.25) is 0 Å². The zero-order valence-corrected chi connectivity index (χ0v) is 21.3. The van der Waals surface area contributed by atoms with Gasteiger partial charge in [0.25, 0.3) is 0 Å². The third kappa shape index (κ3) is 6.76. The first kappa shape index (κ1) is 25.8. The number of phenolic OH excluding ortho intramolecular Hbond substituents is 2. The summed E-state index contributed by atoms with van der Waals surface area (Å²) in [4.78, 5) is 12.2. The molecule has 6 heteroatoms. The lowest BCUT2D eigenvalue weighted by molar-refractivity contribution is -0.118. The second kappa shape index (κ2) is 9.99. The van der Waals surface area contributed by atoms with E-state index in [0.29, 0.717) is 17.3 Å². The number of rotatable bonds is 6. The Morgan fingerprint density at radius 2 is 1.44 bits per heavy atom. The van der Waals surface area contributed by atoms with Crippen molar-refractivity contribution in [2.75, 3.05) is 5.75 Å². The normalized spacial score (nSPS) is 12.4. The number of carbonyl (C=O) groups is 1. The van der Waals surface area contributed by atoms with E-state index in [1.807, 2.05) is 38.1 Å². The van der Waals surface area contributed by atoms with E-state index < -0.39 is 0 Å². The zero-order chi connectivity index (χ0) is 24.3. The molecule has 0 aliphatic carbocycles. The first-order chi connectivity index (χ1) is 14.7. The minimum atomic E-state index is -0.223. The molecule has 3 N–H and O–H groups in total. The SMILES string of the molecule is Cc1cc(CSCC(=O)N/N=C/c2cc(C(C)(C)C)c(O)c(C(C)(C)C)c2)cc(C)c1O. The van der Waals surface area contributed by atoms with Crippen molar-refractivity contribution in [2.24, 2.45) is 5.10 Å². The van der Waals surface area contributed by atoms with Crippen LogP contribution in [-0.4, -0.2) is 28.1 Å². The first-order valence-electron chi connectivity index (χ1n) is 10.8. The van der Waals surface area contributed by atoms with Crippen LogP contribution in [0.25, 0.3) is 0 Å². The van der Waals surface area contributed by atoms with Crippen LogP contribution in [0.15, 0.2) is 29.4 Å². The number of amides is 1. The second-order valence-electron chi connectivity index (χ2n) is 10.3. The average molecular weight is 457 g/mol. The molecule has 0 saturated carbocycles. The molecule has 5 nitrogen and oxygen atoms in total. The average Bonchev–Trinajstić information content (AvgIpc) is 2.65. The Bertz CT molecular complexity index is 957. The fraction of sp³-hybridized carbons (Fsp3) is 0.462. The lowest BCUT2D eigenvalue weighted by Gasteiger charge is -2.27. The van der Waals surface area contributed by atoms with Gasteiger partial charge in [0.1, 0.15) is 11.5 Å². The summed E-state index contributed by atoms with van der Waals surface area (Å²) < 4.78 is 0. The van der Waals surface area contributed by atoms with Crippen LogP contribution in [0.5, 0.6) is 11.5 Å². The molecule has 0 aliphatic rings. The quantitative estimate of drug-likeness (QED) is 0.385. The smallest absolute Gasteiger partial charge is 0.250 e. The van der Waals surface area contributed by atoms with Gasteiger partial charge in [-0.1, -0.05) is 53.7 Å². The fourth-order valence-electron chi connectivity index (χ4n) is 3.48. The molecule has 0 unspecified atom stereocenters. The van der Waals surface area contributed by atoms with Crippen LogP contribution >= 0.6 is 11.8 Å². The molecule has 0 fully saturated rings. The number of hydrogen-bond acceptors (Lipinski definition) is 5. The highest BCUT2D eigenvalue weighted by molar-refractivity contribution is 7.99. The molecule has 0 aromatic heterocycles. The zero-order valence-electron chi connectivity index (χ0n) is 20.5. The monoisotopic (exact) mass is 456 g/mol. The largest absolute Gasteiger partial charge is 0.507 e. The van der Waals surface area contributed by atoms with Gasteiger partial charge < -0.3 is 10.2 Å². The molecule has 0 bridgehead atoms. The van der Waals surface area contributed by atoms with Gasteiger partial charge in [-0.05, 0) is 59.1 Å². The maximum atomic E-state index is 12.2. The summed E-state index contributed by atoms with van der Waals surface area (Å²) in [5.41, 5.74) is 7.44. The first-order valence-corrected chi connectivity index (χ1v) is 11.9. The molecule has 0 aliphatic heterocycles. The van der Waals surface area contributed by atoms with Gasteiger partial charge in [-0.25, -0.2) is 5.43 Å². The number of aryl methyl sites for hydroxylation is 2. The van der Waals surface area contributed by atoms with Crippen LogP contribution in [0.1, 0.15) is 74.9 Å². The Labute approximate surface area is 196 Å². The second-order valence-corrected chi connectivity index (χ2v) is 11.3. The van der Waals surface area contributed by atoms with Crippen molar-refractivity contribution < 1.29 is 15.0 Å². The van der Waals surface area contributed by atoms with Crippen molar-refractivity contribution in [2.45, 2.75) is 72.0 Å². The van der Waals surface area contributed by atoms with Gasteiger partial charge >= 0.3 is 0 Å². The number of phenols is 2. The highest BCUT2D eigenvalue weighted by Crippen LogP contribution is 2.39. The van der Waals surface area contributed by atoms with Crippen LogP contribution in [-0.2, 0) is 21.4 Å². The third-order valence-corrected chi connectivity index (χ3v) is 6.21. The van der Waals surface area contributed by atoms with Crippen molar-refractivity contribution in [1.82, 2.24) is 5.43 Å². The molecular weight excluding hydrogens is 420 g/mol. The number of hydrogen-bond donors (Lipinski definition) is 3. The van der Waals surface area contributed by atoms with E-state index in [1.165, 1.54) is 11.8 Å². The topological polar surface area (TPSA) is 81.9 Å². The van der Waals surface area contributed by atoms with Crippen molar-refractivity contribution >= 4 is 23.9 Å². The molecular formula is C26H36N2O3S. The molecule has 0 atom stereocenters. The van der Waals surface area contributed by atoms with Crippen LogP contribution < -0.4 is 5.43 Å². The Kier molecular flexibility index (Phi) is 8.05. The van der Waals surface area contributed by atoms with Crippen LogP contribution in [0, 0.1) is 13.8 Å². The third-order valence-electron chi connectivity index (χ3n) is 5.20. The van der Waals surface area contributed by atoms with Crippen molar-refractivity contribution in [3.05, 3.63) is 57.6 Å². The number of carbonyl (C=O) groups excluding carboxylic acids is 1. The highest BCUT2D eigenvalue weighted by atomic mass is 32.2. The standard InChI is InChI=1S/C26H36N2O3S/c1-16-9-19(10-17(2)23(16)30)14-32-15-22(29)28-27-13-18-11-20(25(3,4)5)24(31)21(12-18)26(6,7)8/h9-13,30-31H,14-15H2,1-8H3,(H,28,29)/b27-13+.